The molecule has 0 bridgehead atoms. The van der Waals surface area contributed by atoms with Crippen molar-refractivity contribution in [3.8, 4) is 5.75 Å². The van der Waals surface area contributed by atoms with Crippen LogP contribution in [0.1, 0.15) is 85.7 Å². The van der Waals surface area contributed by atoms with Gasteiger partial charge >= 0.3 is 0 Å². The molecule has 0 fully saturated rings. The molecule has 50 heavy (non-hydrogen) atoms. The molecule has 270 valence electrons. The van der Waals surface area contributed by atoms with Crippen molar-refractivity contribution >= 4 is 23.6 Å². The van der Waals surface area contributed by atoms with Gasteiger partial charge in [-0.25, -0.2) is 0 Å². The fourth-order valence-corrected chi connectivity index (χ4v) is 5.81. The van der Waals surface area contributed by atoms with Gasteiger partial charge in [-0.2, -0.15) is 0 Å². The van der Waals surface area contributed by atoms with Crippen LogP contribution in [0.5, 0.6) is 5.75 Å². The molecule has 0 aliphatic carbocycles. The van der Waals surface area contributed by atoms with Crippen molar-refractivity contribution in [3.05, 3.63) is 101 Å². The lowest BCUT2D eigenvalue weighted by Gasteiger charge is -2.29. The van der Waals surface area contributed by atoms with Crippen LogP contribution in [0.2, 0.25) is 0 Å². The van der Waals surface area contributed by atoms with Crippen LogP contribution in [-0.4, -0.2) is 66.9 Å². The number of amides is 4. The van der Waals surface area contributed by atoms with Crippen molar-refractivity contribution < 1.29 is 23.9 Å². The Balaban J connectivity index is 1.75. The summed E-state index contributed by atoms with van der Waals surface area (Å²) in [6.45, 7) is 11.3. The van der Waals surface area contributed by atoms with Crippen molar-refractivity contribution in [1.82, 2.24) is 20.9 Å². The molecule has 10 heteroatoms. The van der Waals surface area contributed by atoms with Gasteiger partial charge in [0.25, 0.3) is 11.8 Å². The molecule has 0 aliphatic heterocycles. The normalized spacial score (nSPS) is 13.4. The predicted molar refractivity (Wildman–Crippen MR) is 198 cm³/mol. The van der Waals surface area contributed by atoms with E-state index in [4.69, 9.17) is 10.5 Å². The van der Waals surface area contributed by atoms with E-state index in [-0.39, 0.29) is 36.0 Å². The number of methoxy groups -OCH3 is 1. The Labute approximate surface area is 297 Å². The zero-order chi connectivity index (χ0) is 36.6. The first-order valence-corrected chi connectivity index (χ1v) is 17.7. The summed E-state index contributed by atoms with van der Waals surface area (Å²) in [5, 5.41) is 8.95. The van der Waals surface area contributed by atoms with E-state index in [0.29, 0.717) is 42.9 Å². The molecule has 0 aliphatic rings. The predicted octanol–water partition coefficient (Wildman–Crippen LogP) is 5.11. The van der Waals surface area contributed by atoms with Gasteiger partial charge in [0.05, 0.1) is 7.11 Å². The number of nitrogens with one attached hydrogen (secondary N) is 3. The highest BCUT2D eigenvalue weighted by Gasteiger charge is 2.29. The first-order chi connectivity index (χ1) is 24.0. The van der Waals surface area contributed by atoms with E-state index in [1.54, 1.807) is 38.3 Å². The molecule has 0 radical (unpaired) electrons. The summed E-state index contributed by atoms with van der Waals surface area (Å²) < 4.78 is 5.31. The average molecular weight is 686 g/mol. The minimum Gasteiger partial charge on any atom is -0.497 e. The van der Waals surface area contributed by atoms with Gasteiger partial charge in [-0.3, -0.25) is 19.2 Å². The summed E-state index contributed by atoms with van der Waals surface area (Å²) >= 11 is 0. The Hall–Kier alpha value is -4.70. The summed E-state index contributed by atoms with van der Waals surface area (Å²) in [5.74, 6) is -1.01. The number of nitrogens with two attached hydrogens (primary N) is 1. The second-order valence-electron chi connectivity index (χ2n) is 13.2. The topological polar surface area (TPSA) is 143 Å². The summed E-state index contributed by atoms with van der Waals surface area (Å²) in [7, 11) is 1.60. The van der Waals surface area contributed by atoms with Gasteiger partial charge in [0, 0.05) is 48.8 Å². The SMILES string of the molecule is CCCN(CCC)C(=O)c1cccc(C(=O)NC(Cc2ccc(OC)cc2)C(N)CC(C)C(=O)NC(C(=O)NCc2ccccc2)C(C)C)c1. The number of rotatable bonds is 19. The molecule has 3 aromatic rings. The van der Waals surface area contributed by atoms with E-state index in [9.17, 15) is 19.2 Å². The Kier molecular flexibility index (Phi) is 16.0. The Morgan fingerprint density at radius 1 is 0.780 bits per heavy atom. The van der Waals surface area contributed by atoms with Crippen molar-refractivity contribution in [2.45, 2.75) is 85.0 Å². The molecule has 3 rings (SSSR count). The molecule has 4 unspecified atom stereocenters. The van der Waals surface area contributed by atoms with Crippen LogP contribution < -0.4 is 26.4 Å². The summed E-state index contributed by atoms with van der Waals surface area (Å²) in [6, 6.07) is 22.0. The van der Waals surface area contributed by atoms with Gasteiger partial charge in [0.2, 0.25) is 11.8 Å². The van der Waals surface area contributed by atoms with E-state index in [1.165, 1.54) is 0 Å². The number of hydrogen-bond donors (Lipinski definition) is 4. The number of ether oxygens (including phenoxy) is 1. The number of carbonyl (C=O) groups excluding carboxylic acids is 4. The fraction of sp³-hybridized carbons (Fsp3) is 0.450. The lowest BCUT2D eigenvalue weighted by atomic mass is 9.91. The molecule has 0 spiro atoms. The summed E-state index contributed by atoms with van der Waals surface area (Å²) in [5.41, 5.74) is 9.47. The van der Waals surface area contributed by atoms with Gasteiger partial charge in [-0.05, 0) is 73.1 Å². The number of carbonyl (C=O) groups is 4. The molecule has 0 heterocycles. The zero-order valence-electron chi connectivity index (χ0n) is 30.4. The number of hydrogen-bond acceptors (Lipinski definition) is 6. The number of nitrogens with zero attached hydrogens (tertiary/aromatic N) is 1. The van der Waals surface area contributed by atoms with Crippen molar-refractivity contribution in [3.63, 3.8) is 0 Å². The first-order valence-electron chi connectivity index (χ1n) is 17.7. The van der Waals surface area contributed by atoms with Crippen LogP contribution >= 0.6 is 0 Å². The van der Waals surface area contributed by atoms with Gasteiger partial charge < -0.3 is 31.3 Å². The van der Waals surface area contributed by atoms with Crippen LogP contribution in [0, 0.1) is 11.8 Å². The highest BCUT2D eigenvalue weighted by molar-refractivity contribution is 5.99. The Morgan fingerprint density at radius 2 is 1.42 bits per heavy atom. The zero-order valence-corrected chi connectivity index (χ0v) is 30.4. The molecule has 3 aromatic carbocycles. The van der Waals surface area contributed by atoms with Crippen molar-refractivity contribution in [2.24, 2.45) is 17.6 Å². The highest BCUT2D eigenvalue weighted by atomic mass is 16.5. The maximum absolute atomic E-state index is 13.7. The molecule has 0 saturated carbocycles. The second-order valence-corrected chi connectivity index (χ2v) is 13.2. The average Bonchev–Trinajstić information content (AvgIpc) is 3.12. The first kappa shape index (κ1) is 39.7. The van der Waals surface area contributed by atoms with E-state index >= 15 is 0 Å². The van der Waals surface area contributed by atoms with E-state index in [1.807, 2.05) is 87.2 Å². The van der Waals surface area contributed by atoms with Crippen LogP contribution in [0.4, 0.5) is 0 Å². The van der Waals surface area contributed by atoms with Crippen molar-refractivity contribution in [1.29, 1.82) is 0 Å². The Bertz CT molecular complexity index is 1520. The minimum absolute atomic E-state index is 0.108. The van der Waals surface area contributed by atoms with Crippen LogP contribution in [0.25, 0.3) is 0 Å². The number of benzene rings is 3. The van der Waals surface area contributed by atoms with Crippen molar-refractivity contribution in [2.75, 3.05) is 20.2 Å². The third-order valence-corrected chi connectivity index (χ3v) is 8.72. The van der Waals surface area contributed by atoms with Crippen LogP contribution in [0.15, 0.2) is 78.9 Å². The second kappa shape index (κ2) is 20.1. The molecule has 4 amide bonds. The molecule has 4 atom stereocenters. The van der Waals surface area contributed by atoms with E-state index in [0.717, 1.165) is 24.0 Å². The van der Waals surface area contributed by atoms with Crippen LogP contribution in [-0.2, 0) is 22.6 Å². The smallest absolute Gasteiger partial charge is 0.253 e. The maximum atomic E-state index is 13.7. The van der Waals surface area contributed by atoms with Crippen LogP contribution in [0.3, 0.4) is 0 Å². The summed E-state index contributed by atoms with van der Waals surface area (Å²) in [4.78, 5) is 55.3. The summed E-state index contributed by atoms with van der Waals surface area (Å²) in [6.07, 6.45) is 2.34. The van der Waals surface area contributed by atoms with Gasteiger partial charge in [0.15, 0.2) is 0 Å². The Morgan fingerprint density at radius 3 is 2.02 bits per heavy atom. The quantitative estimate of drug-likeness (QED) is 0.138. The standard InChI is InChI=1S/C40H55N5O5/c1-7-21-45(22-8-2)40(49)32-16-12-15-31(25-32)38(47)43-35(24-29-17-19-33(50-6)20-18-29)34(41)23-28(5)37(46)44-36(27(3)4)39(48)42-26-30-13-10-9-11-14-30/h9-20,25,27-28,34-36H,7-8,21-24,26,41H2,1-6H3,(H,42,48)(H,43,47)(H,44,46). The van der Waals surface area contributed by atoms with E-state index < -0.39 is 24.0 Å². The molecule has 0 saturated heterocycles. The highest BCUT2D eigenvalue weighted by Crippen LogP contribution is 2.18. The molecule has 5 N–H and O–H groups in total. The maximum Gasteiger partial charge on any atom is 0.253 e. The van der Waals surface area contributed by atoms with Gasteiger partial charge in [-0.1, -0.05) is 83.1 Å². The third-order valence-electron chi connectivity index (χ3n) is 8.72. The monoisotopic (exact) mass is 685 g/mol. The molecular weight excluding hydrogens is 630 g/mol. The molecular formula is C40H55N5O5. The molecule has 0 aromatic heterocycles. The lowest BCUT2D eigenvalue weighted by molar-refractivity contribution is -0.132. The van der Waals surface area contributed by atoms with Gasteiger partial charge in [0.1, 0.15) is 11.8 Å². The lowest BCUT2D eigenvalue weighted by Crippen LogP contribution is -2.53. The third kappa shape index (κ3) is 12.0. The fourth-order valence-electron chi connectivity index (χ4n) is 5.81. The van der Waals surface area contributed by atoms with Gasteiger partial charge in [-0.15, -0.1) is 0 Å². The van der Waals surface area contributed by atoms with E-state index in [2.05, 4.69) is 16.0 Å². The largest absolute Gasteiger partial charge is 0.497 e. The molecule has 10 nitrogen and oxygen atoms in total. The minimum atomic E-state index is -0.722.